The van der Waals surface area contributed by atoms with Crippen LogP contribution in [0.15, 0.2) is 24.3 Å². The fourth-order valence-electron chi connectivity index (χ4n) is 3.26. The minimum absolute atomic E-state index is 0.174. The number of nitrogens with zero attached hydrogens (tertiary/aromatic N) is 1. The molecule has 0 radical (unpaired) electrons. The second-order valence-electron chi connectivity index (χ2n) is 7.32. The third-order valence-corrected chi connectivity index (χ3v) is 5.99. The number of anilines is 1. The van der Waals surface area contributed by atoms with Crippen molar-refractivity contribution in [2.24, 2.45) is 5.92 Å². The Balaban J connectivity index is 2.01. The van der Waals surface area contributed by atoms with Crippen molar-refractivity contribution in [1.29, 1.82) is 0 Å². The predicted octanol–water partition coefficient (Wildman–Crippen LogP) is 3.27. The zero-order chi connectivity index (χ0) is 18.4. The number of hydrogen-bond donors (Lipinski definition) is 1. The SMILES string of the molecule is CC(C)c1ccc(N(CC(=O)NCC2CCCCC2)S(C)(=O)=O)cc1. The highest BCUT2D eigenvalue weighted by Crippen LogP contribution is 2.23. The molecule has 0 bridgehead atoms. The Bertz CT molecular complexity index is 662. The Morgan fingerprint density at radius 3 is 2.28 bits per heavy atom. The molecule has 1 aromatic rings. The lowest BCUT2D eigenvalue weighted by molar-refractivity contribution is -0.119. The fourth-order valence-corrected chi connectivity index (χ4v) is 4.12. The van der Waals surface area contributed by atoms with Gasteiger partial charge in [-0.05, 0) is 42.4 Å². The molecular formula is C19H30N2O3S. The van der Waals surface area contributed by atoms with E-state index in [0.717, 1.165) is 24.7 Å². The van der Waals surface area contributed by atoms with Crippen LogP contribution in [-0.2, 0) is 14.8 Å². The first-order chi connectivity index (χ1) is 11.8. The number of benzene rings is 1. The molecule has 5 nitrogen and oxygen atoms in total. The van der Waals surface area contributed by atoms with E-state index in [1.807, 2.05) is 12.1 Å². The van der Waals surface area contributed by atoms with Crippen LogP contribution in [0.1, 0.15) is 57.4 Å². The van der Waals surface area contributed by atoms with Crippen molar-refractivity contribution in [3.63, 3.8) is 0 Å². The fraction of sp³-hybridized carbons (Fsp3) is 0.632. The van der Waals surface area contributed by atoms with E-state index in [2.05, 4.69) is 19.2 Å². The Labute approximate surface area is 151 Å². The minimum Gasteiger partial charge on any atom is -0.354 e. The van der Waals surface area contributed by atoms with Gasteiger partial charge < -0.3 is 5.32 Å². The number of rotatable bonds is 7. The van der Waals surface area contributed by atoms with Crippen molar-refractivity contribution >= 4 is 21.6 Å². The summed E-state index contributed by atoms with van der Waals surface area (Å²) in [5, 5.41) is 2.91. The number of carbonyl (C=O) groups is 1. The molecule has 0 aliphatic heterocycles. The van der Waals surface area contributed by atoms with Crippen LogP contribution < -0.4 is 9.62 Å². The molecular weight excluding hydrogens is 336 g/mol. The molecule has 1 amide bonds. The minimum atomic E-state index is -3.52. The molecule has 1 aliphatic carbocycles. The molecule has 0 spiro atoms. The highest BCUT2D eigenvalue weighted by atomic mass is 32.2. The lowest BCUT2D eigenvalue weighted by Gasteiger charge is -2.24. The van der Waals surface area contributed by atoms with Gasteiger partial charge in [-0.15, -0.1) is 0 Å². The van der Waals surface area contributed by atoms with Gasteiger partial charge in [0.15, 0.2) is 0 Å². The van der Waals surface area contributed by atoms with E-state index in [-0.39, 0.29) is 12.5 Å². The first-order valence-electron chi connectivity index (χ1n) is 9.11. The van der Waals surface area contributed by atoms with Gasteiger partial charge in [0.25, 0.3) is 0 Å². The Kier molecular flexibility index (Phi) is 6.87. The molecule has 1 fully saturated rings. The van der Waals surface area contributed by atoms with Crippen LogP contribution in [-0.4, -0.2) is 33.7 Å². The van der Waals surface area contributed by atoms with E-state index in [0.29, 0.717) is 24.1 Å². The second-order valence-corrected chi connectivity index (χ2v) is 9.23. The summed E-state index contributed by atoms with van der Waals surface area (Å²) in [5.74, 6) is 0.651. The maximum Gasteiger partial charge on any atom is 0.240 e. The summed E-state index contributed by atoms with van der Waals surface area (Å²) in [6.07, 6.45) is 7.15. The van der Waals surface area contributed by atoms with Gasteiger partial charge in [0.1, 0.15) is 6.54 Å². The summed E-state index contributed by atoms with van der Waals surface area (Å²) in [4.78, 5) is 12.3. The number of nitrogens with one attached hydrogen (secondary N) is 1. The maximum atomic E-state index is 12.3. The van der Waals surface area contributed by atoms with Crippen molar-refractivity contribution in [1.82, 2.24) is 5.32 Å². The Hall–Kier alpha value is -1.56. The Morgan fingerprint density at radius 2 is 1.76 bits per heavy atom. The van der Waals surface area contributed by atoms with Gasteiger partial charge in [0.2, 0.25) is 15.9 Å². The molecule has 0 saturated heterocycles. The average molecular weight is 367 g/mol. The van der Waals surface area contributed by atoms with E-state index in [1.165, 1.54) is 23.6 Å². The van der Waals surface area contributed by atoms with Crippen LogP contribution in [0.4, 0.5) is 5.69 Å². The van der Waals surface area contributed by atoms with Gasteiger partial charge >= 0.3 is 0 Å². The number of hydrogen-bond acceptors (Lipinski definition) is 3. The molecule has 140 valence electrons. The van der Waals surface area contributed by atoms with Crippen LogP contribution in [0.2, 0.25) is 0 Å². The molecule has 1 saturated carbocycles. The molecule has 0 heterocycles. The van der Waals surface area contributed by atoms with Crippen molar-refractivity contribution in [2.75, 3.05) is 23.7 Å². The third-order valence-electron chi connectivity index (χ3n) is 4.85. The molecule has 2 rings (SSSR count). The zero-order valence-electron chi connectivity index (χ0n) is 15.5. The number of sulfonamides is 1. The average Bonchev–Trinajstić information content (AvgIpc) is 2.58. The lowest BCUT2D eigenvalue weighted by atomic mass is 9.89. The van der Waals surface area contributed by atoms with Gasteiger partial charge in [-0.3, -0.25) is 9.10 Å². The predicted molar refractivity (Wildman–Crippen MR) is 102 cm³/mol. The number of carbonyl (C=O) groups excluding carboxylic acids is 1. The Morgan fingerprint density at radius 1 is 1.16 bits per heavy atom. The van der Waals surface area contributed by atoms with Crippen molar-refractivity contribution in [3.8, 4) is 0 Å². The summed E-state index contributed by atoms with van der Waals surface area (Å²) in [6.45, 7) is 4.64. The van der Waals surface area contributed by atoms with Crippen LogP contribution in [0.3, 0.4) is 0 Å². The zero-order valence-corrected chi connectivity index (χ0v) is 16.3. The van der Waals surface area contributed by atoms with Crippen LogP contribution in [0.25, 0.3) is 0 Å². The van der Waals surface area contributed by atoms with E-state index in [1.54, 1.807) is 12.1 Å². The summed E-state index contributed by atoms with van der Waals surface area (Å²) in [6, 6.07) is 7.37. The van der Waals surface area contributed by atoms with Crippen LogP contribution in [0, 0.1) is 5.92 Å². The normalized spacial score (nSPS) is 16.0. The molecule has 1 N–H and O–H groups in total. The highest BCUT2D eigenvalue weighted by Gasteiger charge is 2.22. The highest BCUT2D eigenvalue weighted by molar-refractivity contribution is 7.92. The maximum absolute atomic E-state index is 12.3. The molecule has 0 unspecified atom stereocenters. The first-order valence-corrected chi connectivity index (χ1v) is 11.0. The topological polar surface area (TPSA) is 66.5 Å². The number of amides is 1. The molecule has 6 heteroatoms. The summed E-state index contributed by atoms with van der Waals surface area (Å²) in [5.41, 5.74) is 1.67. The smallest absolute Gasteiger partial charge is 0.240 e. The van der Waals surface area contributed by atoms with Gasteiger partial charge in [0, 0.05) is 6.54 Å². The second kappa shape index (κ2) is 8.70. The van der Waals surface area contributed by atoms with Crippen LogP contribution in [0.5, 0.6) is 0 Å². The summed E-state index contributed by atoms with van der Waals surface area (Å²) in [7, 11) is -3.52. The van der Waals surface area contributed by atoms with Gasteiger partial charge in [-0.25, -0.2) is 8.42 Å². The van der Waals surface area contributed by atoms with Gasteiger partial charge in [-0.1, -0.05) is 45.2 Å². The molecule has 0 atom stereocenters. The van der Waals surface area contributed by atoms with Crippen molar-refractivity contribution < 1.29 is 13.2 Å². The van der Waals surface area contributed by atoms with Crippen LogP contribution >= 0.6 is 0 Å². The summed E-state index contributed by atoms with van der Waals surface area (Å²) < 4.78 is 25.4. The molecule has 1 aliphatic rings. The summed E-state index contributed by atoms with van der Waals surface area (Å²) >= 11 is 0. The van der Waals surface area contributed by atoms with E-state index in [4.69, 9.17) is 0 Å². The quantitative estimate of drug-likeness (QED) is 0.805. The standard InChI is InChI=1S/C19H30N2O3S/c1-15(2)17-9-11-18(12-10-17)21(25(3,23)24)14-19(22)20-13-16-7-5-4-6-8-16/h9-12,15-16H,4-8,13-14H2,1-3H3,(H,20,22). The molecule has 25 heavy (non-hydrogen) atoms. The van der Waals surface area contributed by atoms with Gasteiger partial charge in [-0.2, -0.15) is 0 Å². The molecule has 0 aromatic heterocycles. The van der Waals surface area contributed by atoms with Crippen molar-refractivity contribution in [2.45, 2.75) is 51.9 Å². The monoisotopic (exact) mass is 366 g/mol. The largest absolute Gasteiger partial charge is 0.354 e. The first kappa shape index (κ1) is 19.8. The van der Waals surface area contributed by atoms with Gasteiger partial charge in [0.05, 0.1) is 11.9 Å². The lowest BCUT2D eigenvalue weighted by Crippen LogP contribution is -2.41. The van der Waals surface area contributed by atoms with E-state index >= 15 is 0 Å². The third kappa shape index (κ3) is 6.03. The van der Waals surface area contributed by atoms with E-state index < -0.39 is 10.0 Å². The van der Waals surface area contributed by atoms with E-state index in [9.17, 15) is 13.2 Å². The molecule has 1 aromatic carbocycles. The van der Waals surface area contributed by atoms with Crippen molar-refractivity contribution in [3.05, 3.63) is 29.8 Å².